The van der Waals surface area contributed by atoms with Crippen LogP contribution in [0.25, 0.3) is 0 Å². The van der Waals surface area contributed by atoms with Gasteiger partial charge in [0.25, 0.3) is 0 Å². The molecule has 39 heavy (non-hydrogen) atoms. The van der Waals surface area contributed by atoms with Crippen molar-refractivity contribution in [2.75, 3.05) is 6.61 Å². The molecule has 0 unspecified atom stereocenters. The van der Waals surface area contributed by atoms with Crippen molar-refractivity contribution in [1.82, 2.24) is 5.01 Å². The Morgan fingerprint density at radius 2 is 1.62 bits per heavy atom. The average molecular weight is 648 g/mol. The molecular weight excluding hydrogens is 624 g/mol. The zero-order valence-corrected chi connectivity index (χ0v) is 24.2. The van der Waals surface area contributed by atoms with Crippen molar-refractivity contribution in [3.05, 3.63) is 122 Å². The molecule has 0 saturated carbocycles. The maximum atomic E-state index is 12.6. The molecule has 6 nitrogen and oxygen atoms in total. The fourth-order valence-electron chi connectivity index (χ4n) is 4.82. The molecule has 0 N–H and O–H groups in total. The summed E-state index contributed by atoms with van der Waals surface area (Å²) in [5, 5.41) is 7.07. The van der Waals surface area contributed by atoms with Gasteiger partial charge in [0.1, 0.15) is 17.2 Å². The first kappa shape index (κ1) is 25.6. The summed E-state index contributed by atoms with van der Waals surface area (Å²) in [6.45, 7) is 2.60. The summed E-state index contributed by atoms with van der Waals surface area (Å²) in [6.07, 6.45) is 0.320. The largest absolute Gasteiger partial charge is 0.494 e. The van der Waals surface area contributed by atoms with Gasteiger partial charge in [0.2, 0.25) is 6.23 Å². The summed E-state index contributed by atoms with van der Waals surface area (Å²) in [6, 6.07) is 28.6. The van der Waals surface area contributed by atoms with E-state index in [9.17, 15) is 4.79 Å². The molecule has 0 amide bonds. The number of hydrogen-bond acceptors (Lipinski definition) is 6. The minimum atomic E-state index is -0.430. The molecule has 2 atom stereocenters. The molecule has 4 aromatic rings. The first-order chi connectivity index (χ1) is 19.0. The highest BCUT2D eigenvalue weighted by Gasteiger charge is 2.41. The fourth-order valence-corrected chi connectivity index (χ4v) is 5.46. The molecule has 6 rings (SSSR count). The molecule has 4 aromatic carbocycles. The first-order valence-corrected chi connectivity index (χ1v) is 14.2. The number of carbonyl (C=O) groups is 1. The first-order valence-electron chi connectivity index (χ1n) is 12.6. The van der Waals surface area contributed by atoms with Gasteiger partial charge in [0, 0.05) is 26.5 Å². The number of nitrogens with zero attached hydrogens (tertiary/aromatic N) is 2. The molecule has 8 heteroatoms. The molecule has 0 saturated heterocycles. The zero-order chi connectivity index (χ0) is 26.9. The van der Waals surface area contributed by atoms with Crippen LogP contribution in [0, 0.1) is 0 Å². The number of hydrogen-bond donors (Lipinski definition) is 0. The zero-order valence-electron chi connectivity index (χ0n) is 21.0. The van der Waals surface area contributed by atoms with Gasteiger partial charge in [-0.15, -0.1) is 0 Å². The van der Waals surface area contributed by atoms with Gasteiger partial charge >= 0.3 is 5.97 Å². The lowest BCUT2D eigenvalue weighted by molar-refractivity contribution is -0.0190. The maximum Gasteiger partial charge on any atom is 0.343 e. The predicted molar refractivity (Wildman–Crippen MR) is 156 cm³/mol. The molecule has 0 fully saturated rings. The van der Waals surface area contributed by atoms with Gasteiger partial charge in [-0.3, -0.25) is 0 Å². The summed E-state index contributed by atoms with van der Waals surface area (Å²) >= 11 is 6.99. The number of fused-ring (bicyclic) bond motifs is 3. The van der Waals surface area contributed by atoms with E-state index in [1.807, 2.05) is 60.5 Å². The summed E-state index contributed by atoms with van der Waals surface area (Å²) in [5.74, 6) is 1.73. The van der Waals surface area contributed by atoms with Crippen molar-refractivity contribution >= 4 is 43.5 Å². The Kier molecular flexibility index (Phi) is 7.14. The molecule has 0 radical (unpaired) electrons. The minimum absolute atomic E-state index is 0.0210. The average Bonchev–Trinajstić information content (AvgIpc) is 3.40. The monoisotopic (exact) mass is 646 g/mol. The van der Waals surface area contributed by atoms with Gasteiger partial charge < -0.3 is 14.2 Å². The van der Waals surface area contributed by atoms with Crippen molar-refractivity contribution in [2.24, 2.45) is 5.10 Å². The molecule has 2 aliphatic rings. The van der Waals surface area contributed by atoms with Crippen molar-refractivity contribution in [2.45, 2.75) is 25.6 Å². The van der Waals surface area contributed by atoms with Crippen molar-refractivity contribution in [3.63, 3.8) is 0 Å². The Morgan fingerprint density at radius 1 is 0.923 bits per heavy atom. The van der Waals surface area contributed by atoms with Crippen LogP contribution in [0.2, 0.25) is 0 Å². The van der Waals surface area contributed by atoms with Crippen LogP contribution in [0.5, 0.6) is 17.2 Å². The normalized spacial score (nSPS) is 17.5. The molecule has 2 aliphatic heterocycles. The Morgan fingerprint density at radius 3 is 2.33 bits per heavy atom. The number of ether oxygens (including phenoxy) is 3. The van der Waals surface area contributed by atoms with Crippen LogP contribution >= 0.6 is 31.9 Å². The Labute approximate surface area is 243 Å². The highest BCUT2D eigenvalue weighted by molar-refractivity contribution is 9.10. The second-order valence-corrected chi connectivity index (χ2v) is 11.1. The summed E-state index contributed by atoms with van der Waals surface area (Å²) in [7, 11) is 0. The molecule has 0 aromatic heterocycles. The Balaban J connectivity index is 1.28. The van der Waals surface area contributed by atoms with E-state index < -0.39 is 12.2 Å². The van der Waals surface area contributed by atoms with E-state index in [-0.39, 0.29) is 6.04 Å². The van der Waals surface area contributed by atoms with Crippen molar-refractivity contribution < 1.29 is 19.0 Å². The van der Waals surface area contributed by atoms with E-state index in [0.29, 0.717) is 17.9 Å². The number of rotatable bonds is 6. The predicted octanol–water partition coefficient (Wildman–Crippen LogP) is 8.07. The van der Waals surface area contributed by atoms with Gasteiger partial charge in [-0.05, 0) is 103 Å². The summed E-state index contributed by atoms with van der Waals surface area (Å²) in [4.78, 5) is 12.6. The Hall–Kier alpha value is -3.62. The number of carbonyl (C=O) groups excluding carboxylic acids is 1. The van der Waals surface area contributed by atoms with Crippen LogP contribution < -0.4 is 14.2 Å². The van der Waals surface area contributed by atoms with E-state index in [2.05, 4.69) is 50.1 Å². The van der Waals surface area contributed by atoms with Gasteiger partial charge in [0.15, 0.2) is 0 Å². The van der Waals surface area contributed by atoms with E-state index in [4.69, 9.17) is 19.3 Å². The van der Waals surface area contributed by atoms with Crippen LogP contribution in [0.15, 0.2) is 105 Å². The van der Waals surface area contributed by atoms with Gasteiger partial charge in [0.05, 0.1) is 23.9 Å². The van der Waals surface area contributed by atoms with Crippen molar-refractivity contribution in [1.29, 1.82) is 0 Å². The quantitative estimate of drug-likeness (QED) is 0.156. The fraction of sp³-hybridized carbons (Fsp3) is 0.161. The van der Waals surface area contributed by atoms with Crippen LogP contribution in [0.3, 0.4) is 0 Å². The van der Waals surface area contributed by atoms with E-state index in [1.165, 1.54) is 0 Å². The number of benzene rings is 4. The lowest BCUT2D eigenvalue weighted by atomic mass is 9.96. The van der Waals surface area contributed by atoms with E-state index in [0.717, 1.165) is 49.3 Å². The van der Waals surface area contributed by atoms with Gasteiger partial charge in [-0.1, -0.05) is 31.9 Å². The van der Waals surface area contributed by atoms with Crippen LogP contribution in [0.4, 0.5) is 0 Å². The molecule has 0 bridgehead atoms. The second-order valence-electron chi connectivity index (χ2n) is 9.22. The van der Waals surface area contributed by atoms with Crippen LogP contribution in [-0.4, -0.2) is 23.3 Å². The Bertz CT molecular complexity index is 1540. The standard InChI is InChI=1S/C31H24Br2N2O4/c1-2-37-24-12-5-19(6-13-24)27-18-28-26-17-23(33)11-16-29(26)39-30(35(28)34-27)20-7-14-25(15-8-20)38-31(36)21-3-9-22(32)10-4-21/h3-17,28,30H,2,18H2,1H3/t28-,30-/m1/s1. The molecule has 2 heterocycles. The van der Waals surface area contributed by atoms with Crippen molar-refractivity contribution in [3.8, 4) is 17.2 Å². The summed E-state index contributed by atoms with van der Waals surface area (Å²) < 4.78 is 19.6. The van der Waals surface area contributed by atoms with E-state index >= 15 is 0 Å². The third-order valence-corrected chi connectivity index (χ3v) is 7.73. The molecular formula is C31H24Br2N2O4. The topological polar surface area (TPSA) is 60.4 Å². The van der Waals surface area contributed by atoms with Crippen LogP contribution in [-0.2, 0) is 0 Å². The number of esters is 1. The van der Waals surface area contributed by atoms with Gasteiger partial charge in [-0.25, -0.2) is 9.80 Å². The third kappa shape index (κ3) is 5.31. The number of halogens is 2. The molecule has 196 valence electrons. The summed E-state index contributed by atoms with van der Waals surface area (Å²) in [5.41, 5.74) is 4.53. The maximum absolute atomic E-state index is 12.6. The lowest BCUT2D eigenvalue weighted by Gasteiger charge is -2.38. The van der Waals surface area contributed by atoms with E-state index in [1.54, 1.807) is 24.3 Å². The molecule has 0 aliphatic carbocycles. The SMILES string of the molecule is CCOc1ccc(C2=NN3[C@H](C2)c2cc(Br)ccc2O[C@@H]3c2ccc(OC(=O)c3ccc(Br)cc3)cc2)cc1. The number of hydrazone groups is 1. The highest BCUT2D eigenvalue weighted by atomic mass is 79.9. The minimum Gasteiger partial charge on any atom is -0.494 e. The molecule has 0 spiro atoms. The highest BCUT2D eigenvalue weighted by Crippen LogP contribution is 2.48. The lowest BCUT2D eigenvalue weighted by Crippen LogP contribution is -2.33. The third-order valence-electron chi connectivity index (χ3n) is 6.71. The van der Waals surface area contributed by atoms with Gasteiger partial charge in [-0.2, -0.15) is 5.10 Å². The second kappa shape index (κ2) is 10.9. The van der Waals surface area contributed by atoms with Crippen LogP contribution in [0.1, 0.15) is 52.7 Å². The smallest absolute Gasteiger partial charge is 0.343 e.